The van der Waals surface area contributed by atoms with Gasteiger partial charge in [-0.1, -0.05) is 84.6 Å². The fourth-order valence-corrected chi connectivity index (χ4v) is 8.53. The number of anilines is 1. The summed E-state index contributed by atoms with van der Waals surface area (Å²) in [5.74, 6) is 0.225. The quantitative estimate of drug-likeness (QED) is 0.238. The molecule has 1 N–H and O–H groups in total. The summed E-state index contributed by atoms with van der Waals surface area (Å²) < 4.78 is 0. The maximum atomic E-state index is 14.0. The van der Waals surface area contributed by atoms with Gasteiger partial charge in [0.25, 0.3) is 5.91 Å². The van der Waals surface area contributed by atoms with Crippen molar-refractivity contribution < 1.29 is 9.59 Å². The molecule has 230 valence electrons. The van der Waals surface area contributed by atoms with E-state index in [4.69, 9.17) is 0 Å². The third-order valence-electron chi connectivity index (χ3n) is 9.59. The standard InChI is InChI=1S/C38H40N4O2S/c1-2-39-37(44)38(32-13-6-8-15-34(32)45-35-16-9-7-14-33(35)38)19-10-20-40-21-23-41(24-22-40)30-18-17-29-27-42(36(43)31(29)25-30)26-28-11-4-3-5-12-28/h3-9,11-18,25H,2,10,19-24,26-27H2,1H3,(H,39,44). The predicted molar refractivity (Wildman–Crippen MR) is 181 cm³/mol. The van der Waals surface area contributed by atoms with E-state index >= 15 is 0 Å². The van der Waals surface area contributed by atoms with E-state index in [2.05, 4.69) is 94.0 Å². The summed E-state index contributed by atoms with van der Waals surface area (Å²) in [6, 6.07) is 33.5. The zero-order valence-electron chi connectivity index (χ0n) is 25.9. The van der Waals surface area contributed by atoms with Crippen molar-refractivity contribution in [1.29, 1.82) is 0 Å². The number of rotatable bonds is 9. The van der Waals surface area contributed by atoms with Gasteiger partial charge in [0, 0.05) is 66.9 Å². The average Bonchev–Trinajstić information content (AvgIpc) is 3.39. The minimum absolute atomic E-state index is 0.100. The Morgan fingerprint density at radius 1 is 0.844 bits per heavy atom. The van der Waals surface area contributed by atoms with Gasteiger partial charge in [-0.25, -0.2) is 0 Å². The van der Waals surface area contributed by atoms with Gasteiger partial charge in [-0.3, -0.25) is 14.5 Å². The van der Waals surface area contributed by atoms with Gasteiger partial charge < -0.3 is 15.1 Å². The van der Waals surface area contributed by atoms with Crippen LogP contribution in [0.15, 0.2) is 107 Å². The normalized spacial score (nSPS) is 17.0. The number of nitrogens with one attached hydrogen (secondary N) is 1. The second-order valence-electron chi connectivity index (χ2n) is 12.3. The van der Waals surface area contributed by atoms with Crippen molar-refractivity contribution in [2.24, 2.45) is 0 Å². The third kappa shape index (κ3) is 5.64. The first kappa shape index (κ1) is 29.6. The molecule has 0 radical (unpaired) electrons. The summed E-state index contributed by atoms with van der Waals surface area (Å²) in [4.78, 5) is 36.5. The molecule has 0 saturated carbocycles. The van der Waals surface area contributed by atoms with Crippen LogP contribution in [0.3, 0.4) is 0 Å². The van der Waals surface area contributed by atoms with Gasteiger partial charge in [-0.05, 0) is 72.8 Å². The monoisotopic (exact) mass is 616 g/mol. The molecule has 1 fully saturated rings. The van der Waals surface area contributed by atoms with Gasteiger partial charge in [0.2, 0.25) is 5.91 Å². The average molecular weight is 617 g/mol. The molecule has 0 atom stereocenters. The van der Waals surface area contributed by atoms with Crippen molar-refractivity contribution in [3.05, 3.63) is 125 Å². The zero-order valence-corrected chi connectivity index (χ0v) is 26.7. The fraction of sp³-hybridized carbons (Fsp3) is 0.316. The SMILES string of the molecule is CCNC(=O)C1(CCCN2CCN(c3ccc4c(c3)C(=O)N(Cc3ccccc3)C4)CC2)c2ccccc2Sc2ccccc21. The molecule has 1 saturated heterocycles. The first-order chi connectivity index (χ1) is 22.1. The number of carbonyl (C=O) groups is 2. The highest BCUT2D eigenvalue weighted by Crippen LogP contribution is 2.51. The Morgan fingerprint density at radius 3 is 2.20 bits per heavy atom. The Labute approximate surface area is 270 Å². The van der Waals surface area contributed by atoms with Crippen LogP contribution in [0.1, 0.15) is 52.4 Å². The topological polar surface area (TPSA) is 55.9 Å². The van der Waals surface area contributed by atoms with Crippen molar-refractivity contribution in [1.82, 2.24) is 15.1 Å². The molecule has 6 nitrogen and oxygen atoms in total. The lowest BCUT2D eigenvalue weighted by Gasteiger charge is -2.40. The maximum absolute atomic E-state index is 14.0. The molecule has 0 unspecified atom stereocenters. The number of hydrogen-bond donors (Lipinski definition) is 1. The number of hydrogen-bond acceptors (Lipinski definition) is 5. The van der Waals surface area contributed by atoms with Crippen LogP contribution in [0, 0.1) is 0 Å². The van der Waals surface area contributed by atoms with Crippen molar-refractivity contribution >= 4 is 29.3 Å². The second-order valence-corrected chi connectivity index (χ2v) is 13.4. The van der Waals surface area contributed by atoms with Gasteiger partial charge >= 0.3 is 0 Å². The van der Waals surface area contributed by atoms with Crippen LogP contribution in [0.5, 0.6) is 0 Å². The summed E-state index contributed by atoms with van der Waals surface area (Å²) in [5, 5.41) is 3.19. The Balaban J connectivity index is 1.00. The van der Waals surface area contributed by atoms with Crippen LogP contribution < -0.4 is 10.2 Å². The first-order valence-corrected chi connectivity index (χ1v) is 17.0. The van der Waals surface area contributed by atoms with Crippen molar-refractivity contribution in [3.8, 4) is 0 Å². The molecule has 3 aliphatic heterocycles. The number of piperazine rings is 1. The Bertz CT molecular complexity index is 1650. The molecule has 0 aromatic heterocycles. The van der Waals surface area contributed by atoms with Crippen LogP contribution in [0.25, 0.3) is 0 Å². The van der Waals surface area contributed by atoms with Gasteiger partial charge in [-0.15, -0.1) is 0 Å². The van der Waals surface area contributed by atoms with E-state index in [-0.39, 0.29) is 11.8 Å². The molecule has 7 rings (SSSR count). The van der Waals surface area contributed by atoms with E-state index in [9.17, 15) is 9.59 Å². The molecule has 4 aromatic rings. The molecule has 7 heteroatoms. The first-order valence-electron chi connectivity index (χ1n) is 16.2. The largest absolute Gasteiger partial charge is 0.369 e. The lowest BCUT2D eigenvalue weighted by molar-refractivity contribution is -0.125. The number of likely N-dealkylation sites (N-methyl/N-ethyl adjacent to an activating group) is 1. The number of fused-ring (bicyclic) bond motifs is 3. The molecular weight excluding hydrogens is 577 g/mol. The number of nitrogens with zero attached hydrogens (tertiary/aromatic N) is 3. The Hall–Kier alpha value is -4.07. The van der Waals surface area contributed by atoms with Crippen molar-refractivity contribution in [3.63, 3.8) is 0 Å². The van der Waals surface area contributed by atoms with E-state index in [0.29, 0.717) is 19.6 Å². The van der Waals surface area contributed by atoms with Gasteiger partial charge in [0.05, 0.1) is 0 Å². The summed E-state index contributed by atoms with van der Waals surface area (Å²) in [7, 11) is 0. The van der Waals surface area contributed by atoms with E-state index in [1.165, 1.54) is 9.79 Å². The number of amides is 2. The summed E-state index contributed by atoms with van der Waals surface area (Å²) in [6.45, 7) is 8.63. The third-order valence-corrected chi connectivity index (χ3v) is 10.7. The lowest BCUT2D eigenvalue weighted by atomic mass is 9.70. The zero-order chi connectivity index (χ0) is 30.8. The maximum Gasteiger partial charge on any atom is 0.254 e. The highest BCUT2D eigenvalue weighted by Gasteiger charge is 2.46. The minimum Gasteiger partial charge on any atom is -0.369 e. The highest BCUT2D eigenvalue weighted by molar-refractivity contribution is 7.99. The fourth-order valence-electron chi connectivity index (χ4n) is 7.29. The Morgan fingerprint density at radius 2 is 1.51 bits per heavy atom. The Kier molecular flexibility index (Phi) is 8.39. The van der Waals surface area contributed by atoms with Gasteiger partial charge in [-0.2, -0.15) is 0 Å². The smallest absolute Gasteiger partial charge is 0.254 e. The predicted octanol–water partition coefficient (Wildman–Crippen LogP) is 6.33. The molecule has 2 amide bonds. The molecule has 3 aliphatic rings. The summed E-state index contributed by atoms with van der Waals surface area (Å²) >= 11 is 1.77. The molecule has 45 heavy (non-hydrogen) atoms. The summed E-state index contributed by atoms with van der Waals surface area (Å²) in [6.07, 6.45) is 1.69. The molecule has 0 spiro atoms. The van der Waals surface area contributed by atoms with E-state index < -0.39 is 5.41 Å². The minimum atomic E-state index is -0.693. The van der Waals surface area contributed by atoms with Crippen molar-refractivity contribution in [2.45, 2.75) is 48.1 Å². The van der Waals surface area contributed by atoms with Crippen LogP contribution in [-0.4, -0.2) is 60.9 Å². The second kappa shape index (κ2) is 12.7. The van der Waals surface area contributed by atoms with E-state index in [0.717, 1.165) is 79.1 Å². The molecular formula is C38H40N4O2S. The van der Waals surface area contributed by atoms with Crippen LogP contribution in [0.4, 0.5) is 5.69 Å². The number of benzene rings is 4. The lowest BCUT2D eigenvalue weighted by Crippen LogP contribution is -2.49. The summed E-state index contributed by atoms with van der Waals surface area (Å²) in [5.41, 5.74) is 5.79. The van der Waals surface area contributed by atoms with Crippen LogP contribution in [0.2, 0.25) is 0 Å². The van der Waals surface area contributed by atoms with Gasteiger partial charge in [0.15, 0.2) is 0 Å². The van der Waals surface area contributed by atoms with Crippen LogP contribution >= 0.6 is 11.8 Å². The van der Waals surface area contributed by atoms with Gasteiger partial charge in [0.1, 0.15) is 5.41 Å². The number of carbonyl (C=O) groups excluding carboxylic acids is 2. The molecule has 0 aliphatic carbocycles. The molecule has 4 aromatic carbocycles. The van der Waals surface area contributed by atoms with Crippen LogP contribution in [-0.2, 0) is 23.3 Å². The molecule has 0 bridgehead atoms. The highest BCUT2D eigenvalue weighted by atomic mass is 32.2. The van der Waals surface area contributed by atoms with E-state index in [1.807, 2.05) is 30.0 Å². The van der Waals surface area contributed by atoms with Crippen molar-refractivity contribution in [2.75, 3.05) is 44.2 Å². The van der Waals surface area contributed by atoms with E-state index in [1.54, 1.807) is 11.8 Å². The molecule has 3 heterocycles.